The van der Waals surface area contributed by atoms with Gasteiger partial charge in [0.15, 0.2) is 0 Å². The van der Waals surface area contributed by atoms with Gasteiger partial charge in [-0.1, -0.05) is 36.8 Å². The third-order valence-corrected chi connectivity index (χ3v) is 4.34. The van der Waals surface area contributed by atoms with Gasteiger partial charge >= 0.3 is 0 Å². The molecule has 1 aromatic rings. The number of aryl methyl sites for hydroxylation is 1. The maximum absolute atomic E-state index is 6.17. The zero-order valence-corrected chi connectivity index (χ0v) is 13.6. The minimum Gasteiger partial charge on any atom is -0.381 e. The van der Waals surface area contributed by atoms with Gasteiger partial charge in [-0.3, -0.25) is 0 Å². The van der Waals surface area contributed by atoms with Crippen LogP contribution in [-0.2, 0) is 9.47 Å². The third-order valence-electron chi connectivity index (χ3n) is 4.34. The van der Waals surface area contributed by atoms with Crippen molar-refractivity contribution in [2.24, 2.45) is 0 Å². The summed E-state index contributed by atoms with van der Waals surface area (Å²) in [5, 5.41) is 3.53. The molecule has 0 heterocycles. The van der Waals surface area contributed by atoms with E-state index >= 15 is 0 Å². The number of rotatable bonds is 7. The smallest absolute Gasteiger partial charge is 0.0665 e. The number of likely N-dealkylation sites (N-methyl/N-ethyl adjacent to an activating group) is 1. The highest BCUT2D eigenvalue weighted by Gasteiger charge is 2.23. The lowest BCUT2D eigenvalue weighted by Gasteiger charge is -2.30. The second kappa shape index (κ2) is 8.52. The first kappa shape index (κ1) is 16.5. The molecule has 0 aromatic heterocycles. The summed E-state index contributed by atoms with van der Waals surface area (Å²) >= 11 is 0. The third kappa shape index (κ3) is 5.10. The summed E-state index contributed by atoms with van der Waals surface area (Å²) in [4.78, 5) is 0. The summed E-state index contributed by atoms with van der Waals surface area (Å²) in [6, 6.07) is 9.01. The molecule has 21 heavy (non-hydrogen) atoms. The van der Waals surface area contributed by atoms with Crippen LogP contribution in [0.1, 0.15) is 49.8 Å². The fourth-order valence-corrected chi connectivity index (χ4v) is 3.02. The largest absolute Gasteiger partial charge is 0.381 e. The molecule has 0 radical (unpaired) electrons. The standard InChI is InChI=1S/C18H29NO2/c1-4-19-18(15-10-8-14(2)9-11-15)13-21-17-7-5-6-16(12-17)20-3/h8-11,16-19H,4-7,12-13H2,1-3H3. The minimum atomic E-state index is 0.276. The summed E-state index contributed by atoms with van der Waals surface area (Å²) in [6.07, 6.45) is 5.29. The quantitative estimate of drug-likeness (QED) is 0.832. The SMILES string of the molecule is CCNC(COC1CCCC(OC)C1)c1ccc(C)cc1. The predicted octanol–water partition coefficient (Wildman–Crippen LogP) is 3.62. The summed E-state index contributed by atoms with van der Waals surface area (Å²) in [7, 11) is 1.81. The molecule has 118 valence electrons. The Morgan fingerprint density at radius 1 is 1.19 bits per heavy atom. The Kier molecular flexibility index (Phi) is 6.68. The van der Waals surface area contributed by atoms with Crippen LogP contribution in [-0.4, -0.2) is 32.5 Å². The van der Waals surface area contributed by atoms with E-state index < -0.39 is 0 Å². The van der Waals surface area contributed by atoms with Crippen molar-refractivity contribution in [1.29, 1.82) is 0 Å². The van der Waals surface area contributed by atoms with E-state index in [0.29, 0.717) is 12.2 Å². The van der Waals surface area contributed by atoms with Gasteiger partial charge in [-0.05, 0) is 44.7 Å². The molecule has 1 aliphatic carbocycles. The molecule has 1 aromatic carbocycles. The first-order valence-corrected chi connectivity index (χ1v) is 8.17. The Morgan fingerprint density at radius 3 is 2.57 bits per heavy atom. The molecule has 2 rings (SSSR count). The summed E-state index contributed by atoms with van der Waals surface area (Å²) in [5.74, 6) is 0. The second-order valence-corrected chi connectivity index (χ2v) is 6.00. The number of methoxy groups -OCH3 is 1. The Balaban J connectivity index is 1.89. The molecule has 3 nitrogen and oxygen atoms in total. The molecule has 0 amide bonds. The Labute approximate surface area is 129 Å². The van der Waals surface area contributed by atoms with Crippen molar-refractivity contribution in [2.75, 3.05) is 20.3 Å². The zero-order valence-electron chi connectivity index (χ0n) is 13.6. The van der Waals surface area contributed by atoms with Crippen LogP contribution in [0.4, 0.5) is 0 Å². The van der Waals surface area contributed by atoms with Crippen LogP contribution >= 0.6 is 0 Å². The van der Waals surface area contributed by atoms with Crippen LogP contribution in [0.2, 0.25) is 0 Å². The molecule has 1 N–H and O–H groups in total. The number of nitrogens with one attached hydrogen (secondary N) is 1. The van der Waals surface area contributed by atoms with E-state index in [0.717, 1.165) is 26.0 Å². The Morgan fingerprint density at radius 2 is 1.90 bits per heavy atom. The maximum Gasteiger partial charge on any atom is 0.0665 e. The highest BCUT2D eigenvalue weighted by Crippen LogP contribution is 2.24. The lowest BCUT2D eigenvalue weighted by Crippen LogP contribution is -2.32. The fraction of sp³-hybridized carbons (Fsp3) is 0.667. The number of hydrogen-bond donors (Lipinski definition) is 1. The minimum absolute atomic E-state index is 0.276. The maximum atomic E-state index is 6.17. The average molecular weight is 291 g/mol. The van der Waals surface area contributed by atoms with E-state index in [1.807, 2.05) is 0 Å². The average Bonchev–Trinajstić information content (AvgIpc) is 2.52. The molecule has 0 bridgehead atoms. The van der Waals surface area contributed by atoms with Crippen molar-refractivity contribution in [1.82, 2.24) is 5.32 Å². The molecule has 3 heteroatoms. The number of benzene rings is 1. The van der Waals surface area contributed by atoms with E-state index in [9.17, 15) is 0 Å². The van der Waals surface area contributed by atoms with E-state index in [2.05, 4.69) is 43.4 Å². The normalized spacial score (nSPS) is 24.0. The van der Waals surface area contributed by atoms with Crippen molar-refractivity contribution in [3.05, 3.63) is 35.4 Å². The van der Waals surface area contributed by atoms with Gasteiger partial charge in [0.1, 0.15) is 0 Å². The van der Waals surface area contributed by atoms with Gasteiger partial charge in [-0.25, -0.2) is 0 Å². The van der Waals surface area contributed by atoms with Crippen LogP contribution in [0.5, 0.6) is 0 Å². The predicted molar refractivity (Wildman–Crippen MR) is 86.6 cm³/mol. The van der Waals surface area contributed by atoms with E-state index in [4.69, 9.17) is 9.47 Å². The van der Waals surface area contributed by atoms with Crippen molar-refractivity contribution in [2.45, 2.75) is 57.8 Å². The fourth-order valence-electron chi connectivity index (χ4n) is 3.02. The summed E-state index contributed by atoms with van der Waals surface area (Å²) in [5.41, 5.74) is 2.60. The van der Waals surface area contributed by atoms with E-state index in [1.54, 1.807) is 7.11 Å². The van der Waals surface area contributed by atoms with Gasteiger partial charge in [0, 0.05) is 7.11 Å². The summed E-state index contributed by atoms with van der Waals surface area (Å²) in [6.45, 7) is 5.95. The molecular weight excluding hydrogens is 262 g/mol. The van der Waals surface area contributed by atoms with Crippen molar-refractivity contribution < 1.29 is 9.47 Å². The highest BCUT2D eigenvalue weighted by molar-refractivity contribution is 5.24. The molecule has 1 fully saturated rings. The molecule has 0 aliphatic heterocycles. The van der Waals surface area contributed by atoms with Gasteiger partial charge in [0.05, 0.1) is 24.9 Å². The monoisotopic (exact) mass is 291 g/mol. The van der Waals surface area contributed by atoms with Crippen LogP contribution in [0.3, 0.4) is 0 Å². The zero-order chi connectivity index (χ0) is 15.1. The molecule has 3 atom stereocenters. The van der Waals surface area contributed by atoms with Crippen molar-refractivity contribution in [3.63, 3.8) is 0 Å². The molecule has 0 spiro atoms. The first-order valence-electron chi connectivity index (χ1n) is 8.17. The van der Waals surface area contributed by atoms with Gasteiger partial charge in [0.25, 0.3) is 0 Å². The lowest BCUT2D eigenvalue weighted by molar-refractivity contribution is -0.0356. The van der Waals surface area contributed by atoms with E-state index in [-0.39, 0.29) is 6.04 Å². The van der Waals surface area contributed by atoms with Gasteiger partial charge in [0.2, 0.25) is 0 Å². The Bertz CT molecular complexity index is 404. The molecule has 1 aliphatic rings. The van der Waals surface area contributed by atoms with Crippen LogP contribution in [0, 0.1) is 6.92 Å². The van der Waals surface area contributed by atoms with Gasteiger partial charge in [-0.2, -0.15) is 0 Å². The topological polar surface area (TPSA) is 30.5 Å². The first-order chi connectivity index (χ1) is 10.2. The lowest BCUT2D eigenvalue weighted by atomic mass is 9.95. The molecule has 0 saturated heterocycles. The number of ether oxygens (including phenoxy) is 2. The Hall–Kier alpha value is -0.900. The van der Waals surface area contributed by atoms with Crippen LogP contribution < -0.4 is 5.32 Å². The van der Waals surface area contributed by atoms with Crippen LogP contribution in [0.25, 0.3) is 0 Å². The molecule has 1 saturated carbocycles. The van der Waals surface area contributed by atoms with E-state index in [1.165, 1.54) is 24.0 Å². The summed E-state index contributed by atoms with van der Waals surface area (Å²) < 4.78 is 11.6. The number of hydrogen-bond acceptors (Lipinski definition) is 3. The van der Waals surface area contributed by atoms with Crippen LogP contribution in [0.15, 0.2) is 24.3 Å². The molecule has 3 unspecified atom stereocenters. The molecular formula is C18H29NO2. The van der Waals surface area contributed by atoms with Gasteiger partial charge in [-0.15, -0.1) is 0 Å². The van der Waals surface area contributed by atoms with Crippen molar-refractivity contribution >= 4 is 0 Å². The second-order valence-electron chi connectivity index (χ2n) is 6.00. The van der Waals surface area contributed by atoms with Crippen molar-refractivity contribution in [3.8, 4) is 0 Å². The van der Waals surface area contributed by atoms with Gasteiger partial charge < -0.3 is 14.8 Å². The highest BCUT2D eigenvalue weighted by atomic mass is 16.5.